The van der Waals surface area contributed by atoms with E-state index in [2.05, 4.69) is 15.9 Å². The summed E-state index contributed by atoms with van der Waals surface area (Å²) in [6.45, 7) is 1.88. The number of hydrogen-bond donors (Lipinski definition) is 1. The van der Waals surface area contributed by atoms with E-state index in [0.717, 1.165) is 12.8 Å². The monoisotopic (exact) mass is 275 g/mol. The summed E-state index contributed by atoms with van der Waals surface area (Å²) in [7, 11) is 0. The van der Waals surface area contributed by atoms with Crippen molar-refractivity contribution < 1.29 is 8.78 Å². The van der Waals surface area contributed by atoms with Gasteiger partial charge >= 0.3 is 0 Å². The third-order valence-electron chi connectivity index (χ3n) is 3.22. The summed E-state index contributed by atoms with van der Waals surface area (Å²) in [4.78, 5) is 0. The van der Waals surface area contributed by atoms with E-state index in [1.54, 1.807) is 0 Å². The lowest BCUT2D eigenvalue weighted by atomic mass is 9.89. The molecule has 0 heterocycles. The third kappa shape index (κ3) is 1.70. The maximum Gasteiger partial charge on any atom is 0.140 e. The van der Waals surface area contributed by atoms with Crippen LogP contribution in [0.15, 0.2) is 16.6 Å². The predicted molar refractivity (Wildman–Crippen MR) is 58.6 cm³/mol. The third-order valence-corrected chi connectivity index (χ3v) is 3.98. The molecule has 1 aliphatic rings. The molecule has 0 aromatic heterocycles. The molecule has 1 fully saturated rings. The fraction of sp³-hybridized carbons (Fsp3) is 0.455. The van der Waals surface area contributed by atoms with Gasteiger partial charge in [-0.25, -0.2) is 8.78 Å². The van der Waals surface area contributed by atoms with E-state index in [1.165, 1.54) is 12.1 Å². The molecular formula is C11H12BrF2N. The molecule has 2 rings (SSSR count). The zero-order valence-electron chi connectivity index (χ0n) is 8.36. The van der Waals surface area contributed by atoms with Gasteiger partial charge in [-0.15, -0.1) is 0 Å². The lowest BCUT2D eigenvalue weighted by Gasteiger charge is -2.20. The Morgan fingerprint density at radius 1 is 1.33 bits per heavy atom. The summed E-state index contributed by atoms with van der Waals surface area (Å²) in [5.74, 6) is -1.12. The second-order valence-electron chi connectivity index (χ2n) is 4.20. The van der Waals surface area contributed by atoms with Crippen molar-refractivity contribution in [3.05, 3.63) is 33.8 Å². The van der Waals surface area contributed by atoms with E-state index in [0.29, 0.717) is 5.56 Å². The predicted octanol–water partition coefficient (Wildman–Crippen LogP) is 3.11. The average molecular weight is 276 g/mol. The first-order valence-electron chi connectivity index (χ1n) is 4.88. The van der Waals surface area contributed by atoms with Gasteiger partial charge in [0.05, 0.1) is 4.47 Å². The molecule has 82 valence electrons. The highest BCUT2D eigenvalue weighted by atomic mass is 79.9. The second-order valence-corrected chi connectivity index (χ2v) is 4.99. The summed E-state index contributed by atoms with van der Waals surface area (Å²) in [6.07, 6.45) is 1.82. The number of hydrogen-bond acceptors (Lipinski definition) is 1. The first kappa shape index (κ1) is 11.0. The molecule has 1 unspecified atom stereocenters. The van der Waals surface area contributed by atoms with Crippen molar-refractivity contribution in [1.29, 1.82) is 0 Å². The van der Waals surface area contributed by atoms with Crippen molar-refractivity contribution >= 4 is 15.9 Å². The molecule has 4 heteroatoms. The van der Waals surface area contributed by atoms with Gasteiger partial charge in [-0.3, -0.25) is 0 Å². The van der Waals surface area contributed by atoms with Gasteiger partial charge in [-0.1, -0.05) is 0 Å². The molecule has 0 amide bonds. The van der Waals surface area contributed by atoms with Gasteiger partial charge in [-0.05, 0) is 53.4 Å². The summed E-state index contributed by atoms with van der Waals surface area (Å²) in [5.41, 5.74) is 6.32. The van der Waals surface area contributed by atoms with Gasteiger partial charge in [0.25, 0.3) is 0 Å². The van der Waals surface area contributed by atoms with Crippen LogP contribution in [0, 0.1) is 11.6 Å². The molecule has 1 aromatic rings. The van der Waals surface area contributed by atoms with Gasteiger partial charge in [0.2, 0.25) is 0 Å². The van der Waals surface area contributed by atoms with Crippen LogP contribution < -0.4 is 5.73 Å². The van der Waals surface area contributed by atoms with Crippen molar-refractivity contribution in [3.63, 3.8) is 0 Å². The summed E-state index contributed by atoms with van der Waals surface area (Å²) >= 11 is 2.86. The highest BCUT2D eigenvalue weighted by molar-refractivity contribution is 9.10. The Bertz CT molecular complexity index is 377. The van der Waals surface area contributed by atoms with Crippen molar-refractivity contribution in [1.82, 2.24) is 0 Å². The molecule has 15 heavy (non-hydrogen) atoms. The van der Waals surface area contributed by atoms with Crippen molar-refractivity contribution in [2.45, 2.75) is 31.2 Å². The molecule has 0 radical (unpaired) electrons. The maximum absolute atomic E-state index is 13.3. The van der Waals surface area contributed by atoms with Crippen LogP contribution in [0.5, 0.6) is 0 Å². The van der Waals surface area contributed by atoms with Gasteiger partial charge in [-0.2, -0.15) is 0 Å². The van der Waals surface area contributed by atoms with Crippen molar-refractivity contribution in [2.75, 3.05) is 0 Å². The van der Waals surface area contributed by atoms with Crippen LogP contribution >= 0.6 is 15.9 Å². The molecule has 1 aromatic carbocycles. The first-order valence-corrected chi connectivity index (χ1v) is 5.67. The summed E-state index contributed by atoms with van der Waals surface area (Å²) in [6, 6.07) is 2.69. The summed E-state index contributed by atoms with van der Waals surface area (Å²) in [5, 5.41) is 0. The smallest absolute Gasteiger partial charge is 0.140 e. The van der Waals surface area contributed by atoms with Gasteiger partial charge < -0.3 is 5.73 Å². The molecule has 0 aliphatic heterocycles. The topological polar surface area (TPSA) is 26.0 Å². The van der Waals surface area contributed by atoms with Crippen LogP contribution in [0.4, 0.5) is 8.78 Å². The highest BCUT2D eigenvalue weighted by Gasteiger charge is 2.47. The molecular weight excluding hydrogens is 264 g/mol. The molecule has 0 saturated heterocycles. The fourth-order valence-electron chi connectivity index (χ4n) is 1.98. The van der Waals surface area contributed by atoms with Gasteiger partial charge in [0, 0.05) is 11.5 Å². The highest BCUT2D eigenvalue weighted by Crippen LogP contribution is 2.50. The normalized spacial score (nSPS) is 20.1. The van der Waals surface area contributed by atoms with Crippen molar-refractivity contribution in [3.8, 4) is 0 Å². The van der Waals surface area contributed by atoms with Gasteiger partial charge in [0.1, 0.15) is 11.6 Å². The van der Waals surface area contributed by atoms with Crippen LogP contribution in [0.25, 0.3) is 0 Å². The molecule has 1 nitrogen and oxygen atoms in total. The number of nitrogens with two attached hydrogens (primary N) is 1. The first-order chi connectivity index (χ1) is 6.97. The zero-order valence-corrected chi connectivity index (χ0v) is 9.94. The zero-order chi connectivity index (χ0) is 11.2. The Kier molecular flexibility index (Phi) is 2.59. The Morgan fingerprint density at radius 2 is 1.80 bits per heavy atom. The van der Waals surface area contributed by atoms with Crippen LogP contribution in [0.3, 0.4) is 0 Å². The minimum atomic E-state index is -0.558. The Morgan fingerprint density at radius 3 is 2.13 bits per heavy atom. The molecule has 1 atom stereocenters. The fourth-order valence-corrected chi connectivity index (χ4v) is 2.21. The van der Waals surface area contributed by atoms with E-state index >= 15 is 0 Å². The van der Waals surface area contributed by atoms with E-state index < -0.39 is 11.6 Å². The molecule has 0 spiro atoms. The molecule has 1 aliphatic carbocycles. The van der Waals surface area contributed by atoms with E-state index in [1.807, 2.05) is 6.92 Å². The molecule has 2 N–H and O–H groups in total. The second kappa shape index (κ2) is 3.52. The van der Waals surface area contributed by atoms with Crippen LogP contribution in [-0.4, -0.2) is 6.04 Å². The number of halogens is 3. The number of rotatable bonds is 2. The lowest BCUT2D eigenvalue weighted by molar-refractivity contribution is 0.528. The Labute approximate surface area is 95.8 Å². The minimum Gasteiger partial charge on any atom is -0.327 e. The minimum absolute atomic E-state index is 0.0718. The SMILES string of the molecule is CC(N)C1(c2cc(F)c(Br)c(F)c2)CC1. The average Bonchev–Trinajstić information content (AvgIpc) is 2.93. The standard InChI is InChI=1S/C11H12BrF2N/c1-6(15)11(2-3-11)7-4-8(13)10(12)9(14)5-7/h4-6H,2-3,15H2,1H3. The Hall–Kier alpha value is -0.480. The van der Waals surface area contributed by atoms with Crippen LogP contribution in [0.1, 0.15) is 25.3 Å². The largest absolute Gasteiger partial charge is 0.327 e. The Balaban J connectivity index is 2.47. The van der Waals surface area contributed by atoms with E-state index in [4.69, 9.17) is 5.73 Å². The maximum atomic E-state index is 13.3. The van der Waals surface area contributed by atoms with Crippen LogP contribution in [-0.2, 0) is 5.41 Å². The van der Waals surface area contributed by atoms with Crippen molar-refractivity contribution in [2.24, 2.45) is 5.73 Å². The quantitative estimate of drug-likeness (QED) is 0.825. The molecule has 1 saturated carbocycles. The number of benzene rings is 1. The summed E-state index contributed by atoms with van der Waals surface area (Å²) < 4.78 is 26.6. The molecule has 0 bridgehead atoms. The van der Waals surface area contributed by atoms with Gasteiger partial charge in [0.15, 0.2) is 0 Å². The van der Waals surface area contributed by atoms with E-state index in [9.17, 15) is 8.78 Å². The lowest BCUT2D eigenvalue weighted by Crippen LogP contribution is -2.31. The van der Waals surface area contributed by atoms with Crippen LogP contribution in [0.2, 0.25) is 0 Å². The van der Waals surface area contributed by atoms with E-state index in [-0.39, 0.29) is 15.9 Å².